The monoisotopic (exact) mass is 296 g/mol. The molecule has 5 nitrogen and oxygen atoms in total. The van der Waals surface area contributed by atoms with Crippen molar-refractivity contribution in [2.75, 3.05) is 0 Å². The third-order valence-corrected chi connectivity index (χ3v) is 4.94. The maximum absolute atomic E-state index is 12.3. The van der Waals surface area contributed by atoms with Gasteiger partial charge in [-0.3, -0.25) is 14.9 Å². The molecular weight excluding hydrogens is 280 g/mol. The van der Waals surface area contributed by atoms with E-state index < -0.39 is 6.04 Å². The van der Waals surface area contributed by atoms with Crippen molar-refractivity contribution in [1.29, 1.82) is 0 Å². The van der Waals surface area contributed by atoms with E-state index in [1.807, 2.05) is 23.0 Å². The van der Waals surface area contributed by atoms with Gasteiger partial charge in [-0.15, -0.1) is 0 Å². The van der Waals surface area contributed by atoms with Crippen molar-refractivity contribution in [2.24, 2.45) is 0 Å². The van der Waals surface area contributed by atoms with Crippen molar-refractivity contribution in [2.45, 2.75) is 44.2 Å². The fourth-order valence-corrected chi connectivity index (χ4v) is 4.06. The smallest absolute Gasteiger partial charge is 0.249 e. The van der Waals surface area contributed by atoms with Crippen LogP contribution in [0, 0.1) is 0 Å². The van der Waals surface area contributed by atoms with Gasteiger partial charge in [-0.25, -0.2) is 4.79 Å². The Balaban J connectivity index is 1.81. The zero-order valence-electron chi connectivity index (χ0n) is 12.1. The molecule has 2 atom stereocenters. The lowest BCUT2D eigenvalue weighted by Crippen LogP contribution is -2.51. The van der Waals surface area contributed by atoms with E-state index in [1.165, 1.54) is 11.1 Å². The highest BCUT2D eigenvalue weighted by molar-refractivity contribution is 6.02. The lowest BCUT2D eigenvalue weighted by Gasteiger charge is -2.37. The molecule has 5 heteroatoms. The van der Waals surface area contributed by atoms with Gasteiger partial charge in [0.05, 0.1) is 6.04 Å². The van der Waals surface area contributed by atoms with Crippen LogP contribution in [0.2, 0.25) is 0 Å². The maximum Gasteiger partial charge on any atom is 0.249 e. The van der Waals surface area contributed by atoms with Crippen molar-refractivity contribution in [3.8, 4) is 0 Å². The number of piperidine rings is 1. The molecule has 1 N–H and O–H groups in total. The van der Waals surface area contributed by atoms with Crippen molar-refractivity contribution < 1.29 is 14.4 Å². The summed E-state index contributed by atoms with van der Waals surface area (Å²) < 4.78 is 0. The molecule has 1 fully saturated rings. The summed E-state index contributed by atoms with van der Waals surface area (Å²) in [5, 5.41) is 2.39. The molecule has 1 aromatic rings. The summed E-state index contributed by atoms with van der Waals surface area (Å²) in [6.45, 7) is 0. The molecule has 0 aromatic heterocycles. The van der Waals surface area contributed by atoms with E-state index in [4.69, 9.17) is 0 Å². The van der Waals surface area contributed by atoms with E-state index >= 15 is 0 Å². The quantitative estimate of drug-likeness (QED) is 0.627. The Morgan fingerprint density at radius 1 is 1.14 bits per heavy atom. The molecular formula is C17H16N2O3. The Morgan fingerprint density at radius 3 is 2.77 bits per heavy atom. The van der Waals surface area contributed by atoms with Crippen LogP contribution < -0.4 is 5.32 Å². The molecule has 0 radical (unpaired) electrons. The molecule has 22 heavy (non-hydrogen) atoms. The molecule has 4 rings (SSSR count). The second-order valence-corrected chi connectivity index (χ2v) is 6.11. The Hall–Kier alpha value is -2.39. The van der Waals surface area contributed by atoms with Gasteiger partial charge in [0, 0.05) is 12.0 Å². The van der Waals surface area contributed by atoms with Gasteiger partial charge in [-0.05, 0) is 36.8 Å². The van der Waals surface area contributed by atoms with E-state index in [2.05, 4.69) is 11.4 Å². The first-order valence-electron chi connectivity index (χ1n) is 7.70. The van der Waals surface area contributed by atoms with Crippen LogP contribution in [-0.2, 0) is 20.8 Å². The van der Waals surface area contributed by atoms with Crippen molar-refractivity contribution in [3.05, 3.63) is 34.9 Å². The zero-order valence-corrected chi connectivity index (χ0v) is 12.1. The van der Waals surface area contributed by atoms with Crippen LogP contribution in [0.25, 0.3) is 5.70 Å². The van der Waals surface area contributed by atoms with Crippen LogP contribution >= 0.6 is 0 Å². The number of rotatable bonds is 1. The largest absolute Gasteiger partial charge is 0.343 e. The summed E-state index contributed by atoms with van der Waals surface area (Å²) in [6, 6.07) is 5.59. The Morgan fingerprint density at radius 2 is 2.00 bits per heavy atom. The molecule has 0 saturated carbocycles. The third-order valence-electron chi connectivity index (χ3n) is 4.94. The summed E-state index contributed by atoms with van der Waals surface area (Å²) in [5.74, 6) is 1.51. The van der Waals surface area contributed by atoms with Crippen LogP contribution in [-0.4, -0.2) is 28.7 Å². The SMILES string of the molecule is O=C=C1c2cccc3c2C(CCC3)N1C1CCC(=O)NC1=O. The highest BCUT2D eigenvalue weighted by Gasteiger charge is 2.44. The van der Waals surface area contributed by atoms with E-state index in [0.29, 0.717) is 18.5 Å². The summed E-state index contributed by atoms with van der Waals surface area (Å²) in [5.41, 5.74) is 3.81. The van der Waals surface area contributed by atoms with E-state index in [-0.39, 0.29) is 17.9 Å². The maximum atomic E-state index is 12.3. The van der Waals surface area contributed by atoms with Crippen LogP contribution in [0.4, 0.5) is 0 Å². The van der Waals surface area contributed by atoms with Gasteiger partial charge < -0.3 is 4.90 Å². The lowest BCUT2D eigenvalue weighted by atomic mass is 9.86. The van der Waals surface area contributed by atoms with Gasteiger partial charge in [-0.1, -0.05) is 18.2 Å². The average Bonchev–Trinajstić information content (AvgIpc) is 2.84. The van der Waals surface area contributed by atoms with Crippen molar-refractivity contribution >= 4 is 23.5 Å². The predicted molar refractivity (Wildman–Crippen MR) is 79.2 cm³/mol. The molecule has 1 aliphatic carbocycles. The van der Waals surface area contributed by atoms with Crippen LogP contribution in [0.5, 0.6) is 0 Å². The standard InChI is InChI=1S/C17H16N2O3/c20-9-14-11-5-1-3-10-4-2-6-12(16(10)11)19(14)13-7-8-15(21)18-17(13)22/h1,3,5,12-13H,2,4,6-8H2,(H,18,21,22). The number of nitrogens with zero attached hydrogens (tertiary/aromatic N) is 1. The Bertz CT molecular complexity index is 733. The average molecular weight is 296 g/mol. The number of aryl methyl sites for hydroxylation is 1. The minimum atomic E-state index is -0.461. The molecule has 3 aliphatic rings. The number of carbonyl (C=O) groups is 2. The van der Waals surface area contributed by atoms with Gasteiger partial charge in [0.15, 0.2) is 5.94 Å². The van der Waals surface area contributed by atoms with Crippen molar-refractivity contribution in [1.82, 2.24) is 10.2 Å². The van der Waals surface area contributed by atoms with E-state index in [0.717, 1.165) is 24.8 Å². The number of carbonyl (C=O) groups excluding carboxylic acids is 3. The lowest BCUT2D eigenvalue weighted by molar-refractivity contribution is -0.137. The minimum Gasteiger partial charge on any atom is -0.343 e. The first-order valence-corrected chi connectivity index (χ1v) is 7.70. The summed E-state index contributed by atoms with van der Waals surface area (Å²) >= 11 is 0. The molecule has 1 saturated heterocycles. The van der Waals surface area contributed by atoms with Gasteiger partial charge in [0.25, 0.3) is 0 Å². The molecule has 2 heterocycles. The molecule has 0 spiro atoms. The summed E-state index contributed by atoms with van der Waals surface area (Å²) in [4.78, 5) is 37.1. The van der Waals surface area contributed by atoms with E-state index in [1.54, 1.807) is 0 Å². The Kier molecular flexibility index (Phi) is 2.91. The second kappa shape index (κ2) is 4.82. The fourth-order valence-electron chi connectivity index (χ4n) is 4.06. The molecule has 112 valence electrons. The number of hydrogen-bond donors (Lipinski definition) is 1. The molecule has 2 unspecified atom stereocenters. The van der Waals surface area contributed by atoms with Gasteiger partial charge in [0.2, 0.25) is 11.8 Å². The van der Waals surface area contributed by atoms with Gasteiger partial charge in [-0.2, -0.15) is 0 Å². The normalized spacial score (nSPS) is 26.5. The van der Waals surface area contributed by atoms with Crippen LogP contribution in [0.15, 0.2) is 18.2 Å². The first kappa shape index (κ1) is 13.3. The fraction of sp³-hybridized carbons (Fsp3) is 0.412. The molecule has 1 aromatic carbocycles. The number of hydrogen-bond acceptors (Lipinski definition) is 4. The van der Waals surface area contributed by atoms with E-state index in [9.17, 15) is 14.4 Å². The number of imide groups is 1. The minimum absolute atomic E-state index is 0.0559. The Labute approximate surface area is 128 Å². The second-order valence-electron chi connectivity index (χ2n) is 6.11. The summed E-state index contributed by atoms with van der Waals surface area (Å²) in [6.07, 6.45) is 3.74. The highest BCUT2D eigenvalue weighted by Crippen LogP contribution is 2.48. The third kappa shape index (κ3) is 1.76. The predicted octanol–water partition coefficient (Wildman–Crippen LogP) is 1.36. The molecule has 2 aliphatic heterocycles. The number of amides is 2. The van der Waals surface area contributed by atoms with Crippen LogP contribution in [0.3, 0.4) is 0 Å². The zero-order chi connectivity index (χ0) is 15.3. The van der Waals surface area contributed by atoms with Crippen molar-refractivity contribution in [3.63, 3.8) is 0 Å². The molecule has 2 amide bonds. The van der Waals surface area contributed by atoms with Gasteiger partial charge in [0.1, 0.15) is 11.7 Å². The number of nitrogens with one attached hydrogen (secondary N) is 1. The topological polar surface area (TPSA) is 66.5 Å². The van der Waals surface area contributed by atoms with Gasteiger partial charge >= 0.3 is 0 Å². The first-order chi connectivity index (χ1) is 10.7. The van der Waals surface area contributed by atoms with Crippen LogP contribution in [0.1, 0.15) is 48.4 Å². The number of benzene rings is 1. The summed E-state index contributed by atoms with van der Waals surface area (Å²) in [7, 11) is 0. The molecule has 0 bridgehead atoms. The highest BCUT2D eigenvalue weighted by atomic mass is 16.2.